The predicted octanol–water partition coefficient (Wildman–Crippen LogP) is 3.22. The van der Waals surface area contributed by atoms with E-state index in [0.717, 1.165) is 29.4 Å². The lowest BCUT2D eigenvalue weighted by atomic mass is 10.00. The van der Waals surface area contributed by atoms with Crippen molar-refractivity contribution in [3.8, 4) is 0 Å². The highest BCUT2D eigenvalue weighted by atomic mass is 16.5. The average molecular weight is 231 g/mol. The third-order valence-electron chi connectivity index (χ3n) is 2.99. The summed E-state index contributed by atoms with van der Waals surface area (Å²) in [5.41, 5.74) is 2.01. The van der Waals surface area contributed by atoms with Gasteiger partial charge in [-0.3, -0.25) is 4.79 Å². The molecule has 0 amide bonds. The molecule has 0 aliphatic heterocycles. The molecule has 0 radical (unpaired) electrons. The Hall–Kier alpha value is -1.77. The largest absolute Gasteiger partial charge is 0.469 e. The maximum absolute atomic E-state index is 11.7. The number of hydrogen-bond acceptors (Lipinski definition) is 2. The van der Waals surface area contributed by atoms with Gasteiger partial charge in [-0.25, -0.2) is 0 Å². The number of ether oxygens (including phenoxy) is 1. The van der Waals surface area contributed by atoms with Crippen molar-refractivity contribution < 1.29 is 9.53 Å². The van der Waals surface area contributed by atoms with E-state index in [4.69, 9.17) is 4.74 Å². The lowest BCUT2D eigenvalue weighted by Crippen LogP contribution is -2.14. The Morgan fingerprint density at radius 1 is 1.41 bits per heavy atom. The molecule has 0 saturated heterocycles. The Balaban J connectivity index is 2.38. The second-order valence-electron chi connectivity index (χ2n) is 4.18. The number of rotatable bonds is 4. The van der Waals surface area contributed by atoms with Crippen LogP contribution in [0.4, 0.5) is 0 Å². The Morgan fingerprint density at radius 2 is 2.18 bits per heavy atom. The first-order valence-corrected chi connectivity index (χ1v) is 5.91. The molecule has 0 aliphatic carbocycles. The number of fused-ring (bicyclic) bond motifs is 1. The van der Waals surface area contributed by atoms with Crippen LogP contribution in [0, 0.1) is 0 Å². The van der Waals surface area contributed by atoms with Crippen LogP contribution in [0.5, 0.6) is 0 Å². The van der Waals surface area contributed by atoms with Crippen LogP contribution in [0.2, 0.25) is 0 Å². The zero-order valence-electron chi connectivity index (χ0n) is 10.2. The summed E-state index contributed by atoms with van der Waals surface area (Å²) in [7, 11) is 1.44. The lowest BCUT2D eigenvalue weighted by molar-refractivity contribution is -0.142. The molecule has 2 rings (SSSR count). The van der Waals surface area contributed by atoms with Crippen LogP contribution in [0.3, 0.4) is 0 Å². The van der Waals surface area contributed by atoms with Crippen LogP contribution in [-0.4, -0.2) is 18.1 Å². The fourth-order valence-electron chi connectivity index (χ4n) is 2.11. The van der Waals surface area contributed by atoms with Gasteiger partial charge < -0.3 is 9.72 Å². The number of carbonyl (C=O) groups is 1. The number of methoxy groups -OCH3 is 1. The molecule has 1 heterocycles. The number of aromatic amines is 1. The molecule has 1 aromatic heterocycles. The van der Waals surface area contributed by atoms with Crippen LogP contribution in [0.25, 0.3) is 10.9 Å². The van der Waals surface area contributed by atoms with Crippen LogP contribution in [-0.2, 0) is 9.53 Å². The summed E-state index contributed by atoms with van der Waals surface area (Å²) in [6.45, 7) is 2.07. The predicted molar refractivity (Wildman–Crippen MR) is 68.0 cm³/mol. The molecule has 1 aromatic carbocycles. The molecule has 3 heteroatoms. The van der Waals surface area contributed by atoms with Crippen LogP contribution < -0.4 is 0 Å². The van der Waals surface area contributed by atoms with E-state index in [9.17, 15) is 4.79 Å². The fourth-order valence-corrected chi connectivity index (χ4v) is 2.11. The van der Waals surface area contributed by atoms with Crippen molar-refractivity contribution in [2.24, 2.45) is 0 Å². The highest BCUT2D eigenvalue weighted by Crippen LogP contribution is 2.25. The zero-order valence-corrected chi connectivity index (χ0v) is 10.2. The Morgan fingerprint density at radius 3 is 2.82 bits per heavy atom. The molecular formula is C14H17NO2. The van der Waals surface area contributed by atoms with Gasteiger partial charge in [-0.05, 0) is 23.9 Å². The number of esters is 1. The fraction of sp³-hybridized carbons (Fsp3) is 0.357. The van der Waals surface area contributed by atoms with Crippen molar-refractivity contribution in [2.75, 3.05) is 7.11 Å². The molecule has 1 unspecified atom stereocenters. The minimum absolute atomic E-state index is 0.168. The number of carbonyl (C=O) groups excluding carboxylic acids is 1. The Labute approximate surface area is 101 Å². The SMILES string of the molecule is CCCC(C(=O)OC)c1cc2ccccc2[nH]1. The summed E-state index contributed by atoms with van der Waals surface area (Å²) in [5, 5.41) is 1.13. The maximum atomic E-state index is 11.7. The van der Waals surface area contributed by atoms with Crippen LogP contribution >= 0.6 is 0 Å². The first-order valence-electron chi connectivity index (χ1n) is 5.91. The van der Waals surface area contributed by atoms with E-state index >= 15 is 0 Å². The van der Waals surface area contributed by atoms with Crippen molar-refractivity contribution in [1.29, 1.82) is 0 Å². The second-order valence-corrected chi connectivity index (χ2v) is 4.18. The van der Waals surface area contributed by atoms with Gasteiger partial charge in [0.15, 0.2) is 0 Å². The number of para-hydroxylation sites is 1. The summed E-state index contributed by atoms with van der Waals surface area (Å²) in [4.78, 5) is 15.0. The third kappa shape index (κ3) is 2.33. The molecule has 2 aromatic rings. The van der Waals surface area contributed by atoms with Gasteiger partial charge in [-0.2, -0.15) is 0 Å². The molecule has 1 atom stereocenters. The first kappa shape index (κ1) is 11.7. The summed E-state index contributed by atoms with van der Waals surface area (Å²) in [5.74, 6) is -0.351. The van der Waals surface area contributed by atoms with E-state index in [1.54, 1.807) is 0 Å². The number of hydrogen-bond donors (Lipinski definition) is 1. The van der Waals surface area contributed by atoms with Crippen molar-refractivity contribution >= 4 is 16.9 Å². The number of aromatic nitrogens is 1. The molecule has 1 N–H and O–H groups in total. The quantitative estimate of drug-likeness (QED) is 0.821. The number of H-pyrrole nitrogens is 1. The topological polar surface area (TPSA) is 42.1 Å². The molecular weight excluding hydrogens is 214 g/mol. The van der Waals surface area contributed by atoms with Gasteiger partial charge in [0, 0.05) is 11.2 Å². The standard InChI is InChI=1S/C14H17NO2/c1-3-6-11(14(16)17-2)13-9-10-7-4-5-8-12(10)15-13/h4-5,7-9,11,15H,3,6H2,1-2H3. The molecule has 0 spiro atoms. The maximum Gasteiger partial charge on any atom is 0.314 e. The zero-order chi connectivity index (χ0) is 12.3. The Bertz CT molecular complexity index is 483. The molecule has 17 heavy (non-hydrogen) atoms. The summed E-state index contributed by atoms with van der Waals surface area (Å²) in [6.07, 6.45) is 1.76. The minimum Gasteiger partial charge on any atom is -0.469 e. The molecule has 3 nitrogen and oxygen atoms in total. The summed E-state index contributed by atoms with van der Waals surface area (Å²) in [6, 6.07) is 10.1. The van der Waals surface area contributed by atoms with E-state index in [1.165, 1.54) is 7.11 Å². The van der Waals surface area contributed by atoms with Gasteiger partial charge in [0.05, 0.1) is 13.0 Å². The smallest absolute Gasteiger partial charge is 0.314 e. The van der Waals surface area contributed by atoms with E-state index in [2.05, 4.69) is 11.9 Å². The highest BCUT2D eigenvalue weighted by Gasteiger charge is 2.22. The molecule has 0 fully saturated rings. The minimum atomic E-state index is -0.183. The molecule has 0 aliphatic rings. The lowest BCUT2D eigenvalue weighted by Gasteiger charge is -2.11. The van der Waals surface area contributed by atoms with Gasteiger partial charge in [0.25, 0.3) is 0 Å². The highest BCUT2D eigenvalue weighted by molar-refractivity contribution is 5.84. The average Bonchev–Trinajstić information content (AvgIpc) is 2.78. The van der Waals surface area contributed by atoms with Gasteiger partial charge in [-0.1, -0.05) is 31.5 Å². The Kier molecular flexibility index (Phi) is 3.47. The van der Waals surface area contributed by atoms with Crippen molar-refractivity contribution in [3.05, 3.63) is 36.0 Å². The molecule has 90 valence electrons. The summed E-state index contributed by atoms with van der Waals surface area (Å²) >= 11 is 0. The number of nitrogens with one attached hydrogen (secondary N) is 1. The van der Waals surface area contributed by atoms with E-state index < -0.39 is 0 Å². The van der Waals surface area contributed by atoms with Gasteiger partial charge >= 0.3 is 5.97 Å². The second kappa shape index (κ2) is 5.04. The summed E-state index contributed by atoms with van der Waals surface area (Å²) < 4.78 is 4.86. The van der Waals surface area contributed by atoms with Crippen molar-refractivity contribution in [2.45, 2.75) is 25.7 Å². The van der Waals surface area contributed by atoms with E-state index in [0.29, 0.717) is 0 Å². The van der Waals surface area contributed by atoms with E-state index in [1.807, 2.05) is 30.3 Å². The number of benzene rings is 1. The van der Waals surface area contributed by atoms with Crippen molar-refractivity contribution in [3.63, 3.8) is 0 Å². The van der Waals surface area contributed by atoms with Crippen LogP contribution in [0.1, 0.15) is 31.4 Å². The first-order chi connectivity index (χ1) is 8.26. The van der Waals surface area contributed by atoms with Gasteiger partial charge in [0.1, 0.15) is 0 Å². The van der Waals surface area contributed by atoms with E-state index in [-0.39, 0.29) is 11.9 Å². The molecule has 0 bridgehead atoms. The van der Waals surface area contributed by atoms with Crippen LogP contribution in [0.15, 0.2) is 30.3 Å². The van der Waals surface area contributed by atoms with Gasteiger partial charge in [-0.15, -0.1) is 0 Å². The molecule has 0 saturated carbocycles. The monoisotopic (exact) mass is 231 g/mol. The normalized spacial score (nSPS) is 12.6. The van der Waals surface area contributed by atoms with Crippen molar-refractivity contribution in [1.82, 2.24) is 4.98 Å². The van der Waals surface area contributed by atoms with Gasteiger partial charge in [0.2, 0.25) is 0 Å². The third-order valence-corrected chi connectivity index (χ3v) is 2.99.